The highest BCUT2D eigenvalue weighted by atomic mass is 16.3. The topological polar surface area (TPSA) is 57.5 Å². The van der Waals surface area contributed by atoms with Crippen molar-refractivity contribution in [3.05, 3.63) is 0 Å². The van der Waals surface area contributed by atoms with E-state index in [4.69, 9.17) is 0 Å². The van der Waals surface area contributed by atoms with Crippen molar-refractivity contribution in [3.63, 3.8) is 0 Å². The Kier molecular flexibility index (Phi) is 3.14. The lowest BCUT2D eigenvalue weighted by atomic mass is 9.44. The van der Waals surface area contributed by atoms with Gasteiger partial charge in [0.15, 0.2) is 0 Å². The summed E-state index contributed by atoms with van der Waals surface area (Å²) in [4.78, 5) is 12.1. The lowest BCUT2D eigenvalue weighted by Gasteiger charge is -2.62. The average Bonchev–Trinajstić information content (AvgIpc) is 2.68. The molecule has 0 saturated heterocycles. The van der Waals surface area contributed by atoms with E-state index in [0.717, 1.165) is 44.9 Å². The molecule has 4 aliphatic carbocycles. The second-order valence-corrected chi connectivity index (χ2v) is 9.34. The molecule has 0 unspecified atom stereocenters. The van der Waals surface area contributed by atoms with Crippen LogP contribution in [0.5, 0.6) is 0 Å². The van der Waals surface area contributed by atoms with Crippen LogP contribution < -0.4 is 0 Å². The molecule has 0 radical (unpaired) electrons. The number of carbonyl (C=O) groups is 1. The van der Waals surface area contributed by atoms with Crippen molar-refractivity contribution in [2.45, 2.75) is 83.3 Å². The van der Waals surface area contributed by atoms with Crippen LogP contribution >= 0.6 is 0 Å². The molecule has 2 N–H and O–H groups in total. The van der Waals surface area contributed by atoms with Crippen molar-refractivity contribution in [3.8, 4) is 0 Å². The van der Waals surface area contributed by atoms with E-state index < -0.39 is 5.60 Å². The average molecular weight is 306 g/mol. The molecule has 0 amide bonds. The minimum absolute atomic E-state index is 0.125. The highest BCUT2D eigenvalue weighted by Crippen LogP contribution is 2.67. The first-order chi connectivity index (χ1) is 10.3. The van der Waals surface area contributed by atoms with Crippen LogP contribution in [0.25, 0.3) is 0 Å². The van der Waals surface area contributed by atoms with Gasteiger partial charge in [0, 0.05) is 18.3 Å². The molecule has 3 nitrogen and oxygen atoms in total. The van der Waals surface area contributed by atoms with Gasteiger partial charge in [-0.05, 0) is 68.1 Å². The molecule has 22 heavy (non-hydrogen) atoms. The van der Waals surface area contributed by atoms with Crippen LogP contribution in [0.15, 0.2) is 0 Å². The molecule has 0 aliphatic heterocycles. The van der Waals surface area contributed by atoms with Crippen LogP contribution in [-0.2, 0) is 4.79 Å². The van der Waals surface area contributed by atoms with E-state index in [2.05, 4.69) is 13.8 Å². The first kappa shape index (κ1) is 15.1. The monoisotopic (exact) mass is 306 g/mol. The summed E-state index contributed by atoms with van der Waals surface area (Å²) < 4.78 is 0. The molecule has 0 heterocycles. The zero-order valence-corrected chi connectivity index (χ0v) is 14.0. The maximum atomic E-state index is 12.1. The van der Waals surface area contributed by atoms with Gasteiger partial charge in [0.25, 0.3) is 0 Å². The van der Waals surface area contributed by atoms with Gasteiger partial charge < -0.3 is 10.2 Å². The fraction of sp³-hybridized carbons (Fsp3) is 0.947. The van der Waals surface area contributed by atoms with Crippen LogP contribution in [0.1, 0.15) is 71.6 Å². The smallest absolute Gasteiger partial charge is 0.136 e. The Bertz CT molecular complexity index is 503. The number of fused-ring (bicyclic) bond motifs is 5. The number of aliphatic hydroxyl groups excluding tert-OH is 1. The van der Waals surface area contributed by atoms with Gasteiger partial charge in [-0.1, -0.05) is 13.8 Å². The minimum atomic E-state index is -0.767. The lowest BCUT2D eigenvalue weighted by Crippen LogP contribution is -2.61. The Morgan fingerprint density at radius 2 is 1.77 bits per heavy atom. The largest absolute Gasteiger partial charge is 0.393 e. The summed E-state index contributed by atoms with van der Waals surface area (Å²) >= 11 is 0. The molecule has 0 aromatic carbocycles. The SMILES string of the molecule is C[C@]12CC[C@H](O)C[C@@H]1CC[C@@H]1[C@@H]2CC[C@]2(C)CC(=O)C[C@@]12O. The Hall–Kier alpha value is -0.410. The van der Waals surface area contributed by atoms with E-state index in [1.807, 2.05) is 0 Å². The van der Waals surface area contributed by atoms with Crippen LogP contribution in [-0.4, -0.2) is 27.7 Å². The predicted molar refractivity (Wildman–Crippen MR) is 84.2 cm³/mol. The van der Waals surface area contributed by atoms with Crippen LogP contribution in [0.4, 0.5) is 0 Å². The maximum absolute atomic E-state index is 12.1. The third kappa shape index (κ3) is 1.78. The number of carbonyl (C=O) groups excluding carboxylic acids is 1. The first-order valence-corrected chi connectivity index (χ1v) is 9.21. The van der Waals surface area contributed by atoms with Crippen molar-refractivity contribution < 1.29 is 15.0 Å². The molecular formula is C19H30O3. The summed E-state index contributed by atoms with van der Waals surface area (Å²) in [6.45, 7) is 4.55. The summed E-state index contributed by atoms with van der Waals surface area (Å²) in [6, 6.07) is 0. The van der Waals surface area contributed by atoms with Crippen molar-refractivity contribution in [1.82, 2.24) is 0 Å². The summed E-state index contributed by atoms with van der Waals surface area (Å²) in [7, 11) is 0. The van der Waals surface area contributed by atoms with Crippen LogP contribution in [0.3, 0.4) is 0 Å². The zero-order chi connectivity index (χ0) is 15.8. The number of Topliss-reactive ketones (excluding diaryl/α,β-unsaturated/α-hetero) is 1. The van der Waals surface area contributed by atoms with Crippen LogP contribution in [0.2, 0.25) is 0 Å². The Morgan fingerprint density at radius 1 is 1.00 bits per heavy atom. The van der Waals surface area contributed by atoms with E-state index in [-0.39, 0.29) is 28.6 Å². The Morgan fingerprint density at radius 3 is 2.55 bits per heavy atom. The predicted octanol–water partition coefficient (Wildman–Crippen LogP) is 3.07. The second kappa shape index (κ2) is 4.57. The molecular weight excluding hydrogens is 276 g/mol. The maximum Gasteiger partial charge on any atom is 0.136 e. The van der Waals surface area contributed by atoms with Gasteiger partial charge in [0.05, 0.1) is 11.7 Å². The fourth-order valence-corrected chi connectivity index (χ4v) is 7.00. The van der Waals surface area contributed by atoms with Crippen LogP contribution in [0, 0.1) is 28.6 Å². The van der Waals surface area contributed by atoms with Gasteiger partial charge in [-0.2, -0.15) is 0 Å². The highest BCUT2D eigenvalue weighted by molar-refractivity contribution is 5.83. The molecule has 4 fully saturated rings. The van der Waals surface area contributed by atoms with E-state index in [1.54, 1.807) is 0 Å². The molecule has 0 spiro atoms. The minimum Gasteiger partial charge on any atom is -0.393 e. The van der Waals surface area contributed by atoms with Gasteiger partial charge in [-0.3, -0.25) is 4.79 Å². The highest BCUT2D eigenvalue weighted by Gasteiger charge is 2.66. The third-order valence-electron chi connectivity index (χ3n) is 8.38. The van der Waals surface area contributed by atoms with E-state index >= 15 is 0 Å². The molecule has 0 aromatic heterocycles. The van der Waals surface area contributed by atoms with Gasteiger partial charge in [0.1, 0.15) is 5.78 Å². The molecule has 4 saturated carbocycles. The Labute approximate surface area is 133 Å². The number of hydrogen-bond acceptors (Lipinski definition) is 3. The number of aliphatic hydroxyl groups is 2. The van der Waals surface area contributed by atoms with Crippen molar-refractivity contribution >= 4 is 5.78 Å². The third-order valence-corrected chi connectivity index (χ3v) is 8.38. The number of rotatable bonds is 0. The van der Waals surface area contributed by atoms with E-state index in [0.29, 0.717) is 24.7 Å². The molecule has 3 heteroatoms. The second-order valence-electron chi connectivity index (χ2n) is 9.34. The standard InChI is InChI=1S/C19H30O3/c1-17-7-6-15-16(19(17,22)11-14(21)10-17)4-3-12-9-13(20)5-8-18(12,15)2/h12-13,15-16,20,22H,3-11H2,1-2H3/t12-,13-,15-,16+,17+,18-,19+/m0/s1. The van der Waals surface area contributed by atoms with Crippen molar-refractivity contribution in [2.24, 2.45) is 28.6 Å². The number of hydrogen-bond donors (Lipinski definition) is 2. The summed E-state index contributed by atoms with van der Waals surface area (Å²) in [5.74, 6) is 1.68. The lowest BCUT2D eigenvalue weighted by molar-refractivity contribution is -0.202. The van der Waals surface area contributed by atoms with E-state index in [9.17, 15) is 15.0 Å². The molecule has 0 bridgehead atoms. The van der Waals surface area contributed by atoms with Gasteiger partial charge >= 0.3 is 0 Å². The Balaban J connectivity index is 1.69. The molecule has 0 aromatic rings. The van der Waals surface area contributed by atoms with Crippen molar-refractivity contribution in [1.29, 1.82) is 0 Å². The fourth-order valence-electron chi connectivity index (χ4n) is 7.00. The molecule has 4 rings (SSSR count). The molecule has 7 atom stereocenters. The van der Waals surface area contributed by atoms with E-state index in [1.165, 1.54) is 0 Å². The molecule has 4 aliphatic rings. The summed E-state index contributed by atoms with van der Waals surface area (Å²) in [5.41, 5.74) is -0.704. The van der Waals surface area contributed by atoms with Crippen molar-refractivity contribution in [2.75, 3.05) is 0 Å². The summed E-state index contributed by atoms with van der Waals surface area (Å²) in [5, 5.41) is 21.6. The normalized spacial score (nSPS) is 57.9. The molecule has 124 valence electrons. The summed E-state index contributed by atoms with van der Waals surface area (Å²) in [6.07, 6.45) is 8.05. The van der Waals surface area contributed by atoms with Gasteiger partial charge in [0.2, 0.25) is 0 Å². The van der Waals surface area contributed by atoms with Gasteiger partial charge in [-0.15, -0.1) is 0 Å². The van der Waals surface area contributed by atoms with Gasteiger partial charge in [-0.25, -0.2) is 0 Å². The quantitative estimate of drug-likeness (QED) is 0.723. The first-order valence-electron chi connectivity index (χ1n) is 9.21. The number of ketones is 1. The zero-order valence-electron chi connectivity index (χ0n) is 14.0.